The van der Waals surface area contributed by atoms with Crippen LogP contribution in [-0.4, -0.2) is 46.8 Å². The summed E-state index contributed by atoms with van der Waals surface area (Å²) >= 11 is 0. The molecule has 0 bridgehead atoms. The second-order valence-corrected chi connectivity index (χ2v) is 6.92. The van der Waals surface area contributed by atoms with Gasteiger partial charge in [0.2, 0.25) is 5.91 Å². The molecule has 1 amide bonds. The van der Waals surface area contributed by atoms with Crippen LogP contribution in [0.5, 0.6) is 0 Å². The van der Waals surface area contributed by atoms with E-state index in [9.17, 15) is 14.9 Å². The Morgan fingerprint density at radius 1 is 0.926 bits per heavy atom. The van der Waals surface area contributed by atoms with E-state index in [0.29, 0.717) is 6.42 Å². The molecule has 0 spiro atoms. The monoisotopic (exact) mass is 367 g/mol. The Bertz CT molecular complexity index is 754. The van der Waals surface area contributed by atoms with E-state index >= 15 is 0 Å². The van der Waals surface area contributed by atoms with Crippen molar-refractivity contribution in [2.45, 2.75) is 25.8 Å². The Hall–Kier alpha value is -2.73. The number of hydrogen-bond acceptors (Lipinski definition) is 4. The standard InChI is InChI=1S/C21H25N3O3/c25-21(8-4-7-18-5-2-1-3-6-18)23-15-13-22(14-16-23)17-19-9-11-20(12-10-19)24(26)27/h1-3,5-6,9-12H,4,7-8,13-17H2. The van der Waals surface area contributed by atoms with Gasteiger partial charge in [0.15, 0.2) is 0 Å². The number of amides is 1. The molecule has 0 aliphatic carbocycles. The topological polar surface area (TPSA) is 66.7 Å². The Morgan fingerprint density at radius 2 is 1.59 bits per heavy atom. The lowest BCUT2D eigenvalue weighted by Crippen LogP contribution is -2.48. The molecule has 1 saturated heterocycles. The van der Waals surface area contributed by atoms with Crippen LogP contribution >= 0.6 is 0 Å². The van der Waals surface area contributed by atoms with Gasteiger partial charge < -0.3 is 4.90 Å². The zero-order valence-corrected chi connectivity index (χ0v) is 15.4. The van der Waals surface area contributed by atoms with Gasteiger partial charge in [0.05, 0.1) is 4.92 Å². The molecule has 2 aromatic carbocycles. The lowest BCUT2D eigenvalue weighted by Gasteiger charge is -2.34. The number of non-ortho nitro benzene ring substituents is 1. The van der Waals surface area contributed by atoms with Crippen LogP contribution in [0.25, 0.3) is 0 Å². The average molecular weight is 367 g/mol. The predicted octanol–water partition coefficient (Wildman–Crippen LogP) is 3.26. The fourth-order valence-electron chi connectivity index (χ4n) is 3.38. The van der Waals surface area contributed by atoms with Crippen molar-refractivity contribution in [2.24, 2.45) is 0 Å². The highest BCUT2D eigenvalue weighted by Crippen LogP contribution is 2.15. The molecule has 0 unspecified atom stereocenters. The van der Waals surface area contributed by atoms with Crippen LogP contribution in [0.4, 0.5) is 5.69 Å². The molecule has 1 aliphatic heterocycles. The first-order valence-electron chi connectivity index (χ1n) is 9.39. The van der Waals surface area contributed by atoms with Crippen LogP contribution in [-0.2, 0) is 17.8 Å². The summed E-state index contributed by atoms with van der Waals surface area (Å²) < 4.78 is 0. The molecule has 0 atom stereocenters. The summed E-state index contributed by atoms with van der Waals surface area (Å²) in [5.74, 6) is 0.237. The van der Waals surface area contributed by atoms with Gasteiger partial charge in [-0.1, -0.05) is 42.5 Å². The number of piperazine rings is 1. The second kappa shape index (κ2) is 9.28. The number of rotatable bonds is 7. The van der Waals surface area contributed by atoms with Gasteiger partial charge in [-0.2, -0.15) is 0 Å². The summed E-state index contributed by atoms with van der Waals surface area (Å²) in [6.45, 7) is 3.92. The third kappa shape index (κ3) is 5.62. The number of hydrogen-bond donors (Lipinski definition) is 0. The maximum absolute atomic E-state index is 12.4. The van der Waals surface area contributed by atoms with Gasteiger partial charge in [0, 0.05) is 51.3 Å². The van der Waals surface area contributed by atoms with Crippen LogP contribution in [0.15, 0.2) is 54.6 Å². The van der Waals surface area contributed by atoms with Gasteiger partial charge in [-0.05, 0) is 24.0 Å². The minimum absolute atomic E-state index is 0.115. The first-order chi connectivity index (χ1) is 13.1. The van der Waals surface area contributed by atoms with E-state index in [4.69, 9.17) is 0 Å². The molecular formula is C21H25N3O3. The van der Waals surface area contributed by atoms with Gasteiger partial charge in [-0.3, -0.25) is 19.8 Å². The van der Waals surface area contributed by atoms with Crippen molar-refractivity contribution in [3.05, 3.63) is 75.8 Å². The smallest absolute Gasteiger partial charge is 0.269 e. The molecule has 6 heteroatoms. The molecule has 0 radical (unpaired) electrons. The largest absolute Gasteiger partial charge is 0.340 e. The van der Waals surface area contributed by atoms with Crippen molar-refractivity contribution < 1.29 is 9.72 Å². The van der Waals surface area contributed by atoms with Crippen molar-refractivity contribution in [1.82, 2.24) is 9.80 Å². The lowest BCUT2D eigenvalue weighted by molar-refractivity contribution is -0.384. The van der Waals surface area contributed by atoms with Crippen molar-refractivity contribution in [1.29, 1.82) is 0 Å². The van der Waals surface area contributed by atoms with Crippen LogP contribution in [0.1, 0.15) is 24.0 Å². The minimum atomic E-state index is -0.383. The zero-order valence-electron chi connectivity index (χ0n) is 15.4. The highest BCUT2D eigenvalue weighted by molar-refractivity contribution is 5.76. The van der Waals surface area contributed by atoms with Gasteiger partial charge >= 0.3 is 0 Å². The van der Waals surface area contributed by atoms with E-state index in [1.807, 2.05) is 23.1 Å². The van der Waals surface area contributed by atoms with Crippen molar-refractivity contribution in [3.63, 3.8) is 0 Å². The Morgan fingerprint density at radius 3 is 2.22 bits per heavy atom. The number of carbonyl (C=O) groups is 1. The minimum Gasteiger partial charge on any atom is -0.340 e. The molecule has 3 rings (SSSR count). The molecular weight excluding hydrogens is 342 g/mol. The Kier molecular flexibility index (Phi) is 6.54. The fourth-order valence-corrected chi connectivity index (χ4v) is 3.38. The van der Waals surface area contributed by atoms with Crippen LogP contribution in [0.2, 0.25) is 0 Å². The third-order valence-electron chi connectivity index (χ3n) is 4.98. The van der Waals surface area contributed by atoms with Crippen molar-refractivity contribution in [3.8, 4) is 0 Å². The lowest BCUT2D eigenvalue weighted by atomic mass is 10.1. The summed E-state index contributed by atoms with van der Waals surface area (Å²) in [4.78, 5) is 27.0. The predicted molar refractivity (Wildman–Crippen MR) is 104 cm³/mol. The van der Waals surface area contributed by atoms with Gasteiger partial charge in [-0.25, -0.2) is 0 Å². The zero-order chi connectivity index (χ0) is 19.1. The van der Waals surface area contributed by atoms with Crippen LogP contribution < -0.4 is 0 Å². The highest BCUT2D eigenvalue weighted by Gasteiger charge is 2.20. The van der Waals surface area contributed by atoms with Crippen molar-refractivity contribution in [2.75, 3.05) is 26.2 Å². The van der Waals surface area contributed by atoms with Gasteiger partial charge in [0.25, 0.3) is 5.69 Å². The molecule has 0 N–H and O–H groups in total. The van der Waals surface area contributed by atoms with Gasteiger partial charge in [-0.15, -0.1) is 0 Å². The summed E-state index contributed by atoms with van der Waals surface area (Å²) in [5, 5.41) is 10.7. The maximum atomic E-state index is 12.4. The molecule has 2 aromatic rings. The summed E-state index contributed by atoms with van der Waals surface area (Å²) in [5.41, 5.74) is 2.45. The molecule has 1 fully saturated rings. The fraction of sp³-hybridized carbons (Fsp3) is 0.381. The van der Waals surface area contributed by atoms with Crippen LogP contribution in [0, 0.1) is 10.1 Å². The number of aryl methyl sites for hydroxylation is 1. The second-order valence-electron chi connectivity index (χ2n) is 6.92. The number of carbonyl (C=O) groups excluding carboxylic acids is 1. The van der Waals surface area contributed by atoms with E-state index in [2.05, 4.69) is 17.0 Å². The maximum Gasteiger partial charge on any atom is 0.269 e. The molecule has 6 nitrogen and oxygen atoms in total. The van der Waals surface area contributed by atoms with E-state index in [-0.39, 0.29) is 16.5 Å². The Labute approximate surface area is 159 Å². The summed E-state index contributed by atoms with van der Waals surface area (Å²) in [6, 6.07) is 17.0. The summed E-state index contributed by atoms with van der Waals surface area (Å²) in [7, 11) is 0. The first kappa shape index (κ1) is 19.0. The molecule has 1 heterocycles. The number of nitro benzene ring substituents is 1. The molecule has 0 saturated carbocycles. The van der Waals surface area contributed by atoms with E-state index in [1.165, 1.54) is 5.56 Å². The molecule has 0 aromatic heterocycles. The number of nitro groups is 1. The van der Waals surface area contributed by atoms with E-state index in [1.54, 1.807) is 24.3 Å². The van der Waals surface area contributed by atoms with E-state index in [0.717, 1.165) is 51.1 Å². The van der Waals surface area contributed by atoms with E-state index < -0.39 is 0 Å². The average Bonchev–Trinajstić information content (AvgIpc) is 2.70. The highest BCUT2D eigenvalue weighted by atomic mass is 16.6. The molecule has 27 heavy (non-hydrogen) atoms. The Balaban J connectivity index is 1.39. The quantitative estimate of drug-likeness (QED) is 0.556. The molecule has 1 aliphatic rings. The summed E-state index contributed by atoms with van der Waals surface area (Å²) in [6.07, 6.45) is 2.41. The van der Waals surface area contributed by atoms with Gasteiger partial charge in [0.1, 0.15) is 0 Å². The third-order valence-corrected chi connectivity index (χ3v) is 4.98. The molecule has 142 valence electrons. The number of nitrogens with zero attached hydrogens (tertiary/aromatic N) is 3. The van der Waals surface area contributed by atoms with Crippen molar-refractivity contribution >= 4 is 11.6 Å². The first-order valence-corrected chi connectivity index (χ1v) is 9.39. The SMILES string of the molecule is O=C(CCCc1ccccc1)N1CCN(Cc2ccc([N+](=O)[O-])cc2)CC1. The normalized spacial score (nSPS) is 14.9. The van der Waals surface area contributed by atoms with Crippen LogP contribution in [0.3, 0.4) is 0 Å². The number of benzene rings is 2.